The summed E-state index contributed by atoms with van der Waals surface area (Å²) in [6.07, 6.45) is 1.60. The fourth-order valence-corrected chi connectivity index (χ4v) is 2.21. The van der Waals surface area contributed by atoms with Gasteiger partial charge in [-0.1, -0.05) is 6.07 Å². The first-order chi connectivity index (χ1) is 9.08. The van der Waals surface area contributed by atoms with Gasteiger partial charge in [0.2, 0.25) is 5.95 Å². The average molecular weight is 256 g/mol. The first-order valence-electron chi connectivity index (χ1n) is 6.04. The molecule has 0 amide bonds. The Morgan fingerprint density at radius 1 is 1.05 bits per heavy atom. The van der Waals surface area contributed by atoms with Crippen LogP contribution >= 0.6 is 0 Å². The smallest absolute Gasteiger partial charge is 0.261 e. The molecule has 0 aliphatic rings. The average Bonchev–Trinajstić information content (AvgIpc) is 2.83. The molecule has 0 saturated carbocycles. The molecule has 0 unspecified atom stereocenters. The van der Waals surface area contributed by atoms with Gasteiger partial charge in [0, 0.05) is 6.20 Å². The van der Waals surface area contributed by atoms with Crippen molar-refractivity contribution < 1.29 is 4.39 Å². The Morgan fingerprint density at radius 2 is 1.84 bits per heavy atom. The number of rotatable bonds is 1. The lowest BCUT2D eigenvalue weighted by atomic mass is 10.1. The third-order valence-corrected chi connectivity index (χ3v) is 3.40. The van der Waals surface area contributed by atoms with E-state index in [1.807, 2.05) is 32.0 Å². The highest BCUT2D eigenvalue weighted by molar-refractivity contribution is 5.51. The van der Waals surface area contributed by atoms with E-state index in [0.717, 1.165) is 22.9 Å². The van der Waals surface area contributed by atoms with Crippen molar-refractivity contribution >= 4 is 5.65 Å². The van der Waals surface area contributed by atoms with Crippen molar-refractivity contribution in [2.75, 3.05) is 0 Å². The van der Waals surface area contributed by atoms with E-state index in [-0.39, 0.29) is 5.56 Å². The molecule has 3 aromatic rings. The summed E-state index contributed by atoms with van der Waals surface area (Å²) >= 11 is 0. The fraction of sp³-hybridized carbons (Fsp3) is 0.133. The third-order valence-electron chi connectivity index (χ3n) is 3.40. The molecule has 3 rings (SSSR count). The van der Waals surface area contributed by atoms with Crippen LogP contribution in [0.3, 0.4) is 0 Å². The lowest BCUT2D eigenvalue weighted by molar-refractivity contribution is 0.559. The van der Waals surface area contributed by atoms with Crippen LogP contribution in [0.4, 0.5) is 4.39 Å². The number of halogens is 1. The van der Waals surface area contributed by atoms with E-state index in [1.54, 1.807) is 18.3 Å². The summed E-state index contributed by atoms with van der Waals surface area (Å²) in [5.41, 5.74) is 3.15. The molecule has 4 heteroatoms. The molecule has 0 bridgehead atoms. The van der Waals surface area contributed by atoms with E-state index in [0.29, 0.717) is 5.65 Å². The van der Waals surface area contributed by atoms with Crippen LogP contribution in [-0.2, 0) is 0 Å². The number of nitrogens with zero attached hydrogens (tertiary/aromatic N) is 2. The zero-order valence-electron chi connectivity index (χ0n) is 10.7. The number of hydrogen-bond donors (Lipinski definition) is 0. The molecule has 19 heavy (non-hydrogen) atoms. The van der Waals surface area contributed by atoms with Crippen molar-refractivity contribution in [1.82, 2.24) is 8.97 Å². The Morgan fingerprint density at radius 3 is 2.58 bits per heavy atom. The van der Waals surface area contributed by atoms with Crippen LogP contribution < -0.4 is 5.56 Å². The first kappa shape index (κ1) is 11.7. The van der Waals surface area contributed by atoms with Crippen molar-refractivity contribution in [3.05, 3.63) is 70.0 Å². The predicted octanol–water partition coefficient (Wildman–Crippen LogP) is 2.85. The van der Waals surface area contributed by atoms with Crippen molar-refractivity contribution in [2.24, 2.45) is 0 Å². The Bertz CT molecular complexity index is 830. The lowest BCUT2D eigenvalue weighted by Crippen LogP contribution is -2.21. The second-order valence-corrected chi connectivity index (χ2v) is 4.65. The molecule has 0 aliphatic carbocycles. The monoisotopic (exact) mass is 256 g/mol. The van der Waals surface area contributed by atoms with Crippen LogP contribution in [0.5, 0.6) is 0 Å². The van der Waals surface area contributed by atoms with Crippen LogP contribution in [0.1, 0.15) is 11.1 Å². The van der Waals surface area contributed by atoms with Crippen LogP contribution in [-0.4, -0.2) is 8.97 Å². The van der Waals surface area contributed by atoms with Crippen LogP contribution in [0.25, 0.3) is 11.3 Å². The van der Waals surface area contributed by atoms with Crippen LogP contribution in [0.15, 0.2) is 47.4 Å². The summed E-state index contributed by atoms with van der Waals surface area (Å²) in [6.45, 7) is 4.00. The van der Waals surface area contributed by atoms with Crippen molar-refractivity contribution in [1.29, 1.82) is 0 Å². The SMILES string of the molecule is Cc1ccc(-n2c(=O)cc(F)n3cccc23)cc1C. The number of fused-ring (bicyclic) bond motifs is 1. The second kappa shape index (κ2) is 4.09. The molecule has 2 heterocycles. The van der Waals surface area contributed by atoms with Gasteiger partial charge in [-0.3, -0.25) is 13.8 Å². The molecule has 0 fully saturated rings. The number of aromatic nitrogens is 2. The standard InChI is InChI=1S/C15H13FN2O/c1-10-5-6-12(8-11(10)2)18-14-4-3-7-17(14)13(16)9-15(18)19/h3-9H,1-2H3. The van der Waals surface area contributed by atoms with E-state index in [9.17, 15) is 9.18 Å². The van der Waals surface area contributed by atoms with Gasteiger partial charge in [-0.05, 0) is 49.2 Å². The highest BCUT2D eigenvalue weighted by Crippen LogP contribution is 2.16. The van der Waals surface area contributed by atoms with Crippen LogP contribution in [0, 0.1) is 19.8 Å². The molecule has 0 spiro atoms. The minimum atomic E-state index is -0.551. The Labute approximate surface area is 109 Å². The maximum atomic E-state index is 13.7. The minimum Gasteiger partial charge on any atom is -0.279 e. The molecule has 1 aromatic carbocycles. The molecule has 0 aliphatic heterocycles. The first-order valence-corrected chi connectivity index (χ1v) is 6.04. The van der Waals surface area contributed by atoms with Crippen molar-refractivity contribution in [2.45, 2.75) is 13.8 Å². The zero-order valence-corrected chi connectivity index (χ0v) is 10.7. The Hall–Kier alpha value is -2.36. The Kier molecular flexibility index (Phi) is 2.52. The second-order valence-electron chi connectivity index (χ2n) is 4.65. The van der Waals surface area contributed by atoms with Gasteiger partial charge in [-0.25, -0.2) is 0 Å². The van der Waals surface area contributed by atoms with Gasteiger partial charge in [0.05, 0.1) is 11.8 Å². The zero-order chi connectivity index (χ0) is 13.6. The van der Waals surface area contributed by atoms with Crippen molar-refractivity contribution in [3.8, 4) is 5.69 Å². The summed E-state index contributed by atoms with van der Waals surface area (Å²) in [6, 6.07) is 10.2. The van der Waals surface area contributed by atoms with E-state index in [4.69, 9.17) is 0 Å². The number of aryl methyl sites for hydroxylation is 2. The summed E-state index contributed by atoms with van der Waals surface area (Å²) in [5, 5.41) is 0. The molecule has 0 N–H and O–H groups in total. The number of hydrogen-bond acceptors (Lipinski definition) is 1. The highest BCUT2D eigenvalue weighted by Gasteiger charge is 2.10. The summed E-state index contributed by atoms with van der Waals surface area (Å²) in [4.78, 5) is 12.1. The van der Waals surface area contributed by atoms with E-state index >= 15 is 0 Å². The summed E-state index contributed by atoms with van der Waals surface area (Å²) in [5.74, 6) is -0.551. The largest absolute Gasteiger partial charge is 0.279 e. The van der Waals surface area contributed by atoms with Crippen molar-refractivity contribution in [3.63, 3.8) is 0 Å². The van der Waals surface area contributed by atoms with Gasteiger partial charge in [0.15, 0.2) is 0 Å². The quantitative estimate of drug-likeness (QED) is 0.615. The minimum absolute atomic E-state index is 0.369. The fourth-order valence-electron chi connectivity index (χ4n) is 2.21. The maximum absolute atomic E-state index is 13.7. The van der Waals surface area contributed by atoms with Gasteiger partial charge >= 0.3 is 0 Å². The summed E-state index contributed by atoms with van der Waals surface area (Å²) in [7, 11) is 0. The lowest BCUT2D eigenvalue weighted by Gasteiger charge is -2.11. The molecule has 0 radical (unpaired) electrons. The van der Waals surface area contributed by atoms with E-state index in [2.05, 4.69) is 0 Å². The van der Waals surface area contributed by atoms with Gasteiger partial charge in [0.1, 0.15) is 5.65 Å². The topological polar surface area (TPSA) is 26.4 Å². The molecule has 0 atom stereocenters. The van der Waals surface area contributed by atoms with E-state index < -0.39 is 5.95 Å². The maximum Gasteiger partial charge on any atom is 0.261 e. The van der Waals surface area contributed by atoms with Gasteiger partial charge in [-0.2, -0.15) is 4.39 Å². The summed E-state index contributed by atoms with van der Waals surface area (Å²) < 4.78 is 16.5. The molecule has 2 aromatic heterocycles. The van der Waals surface area contributed by atoms with Gasteiger partial charge in [-0.15, -0.1) is 0 Å². The predicted molar refractivity (Wildman–Crippen MR) is 72.4 cm³/mol. The molecule has 3 nitrogen and oxygen atoms in total. The normalized spacial score (nSPS) is 11.1. The van der Waals surface area contributed by atoms with Crippen LogP contribution in [0.2, 0.25) is 0 Å². The van der Waals surface area contributed by atoms with Gasteiger partial charge in [0.25, 0.3) is 5.56 Å². The molecular formula is C15H13FN2O. The number of benzene rings is 1. The highest BCUT2D eigenvalue weighted by atomic mass is 19.1. The third kappa shape index (κ3) is 1.76. The molecular weight excluding hydrogens is 243 g/mol. The molecule has 96 valence electrons. The Balaban J connectivity index is 2.39. The van der Waals surface area contributed by atoms with Gasteiger partial charge < -0.3 is 0 Å². The molecule has 0 saturated heterocycles. The van der Waals surface area contributed by atoms with E-state index in [1.165, 1.54) is 8.97 Å².